The molecule has 4 rings (SSSR count). The van der Waals surface area contributed by atoms with E-state index in [1.165, 1.54) is 5.56 Å². The number of rotatable bonds is 2. The minimum Gasteiger partial charge on any atom is -1.00 e. The summed E-state index contributed by atoms with van der Waals surface area (Å²) < 4.78 is 2.10. The fourth-order valence-electron chi connectivity index (χ4n) is 3.42. The molecule has 0 saturated carbocycles. The molecule has 0 fully saturated rings. The van der Waals surface area contributed by atoms with Gasteiger partial charge in [0, 0.05) is 11.3 Å². The minimum absolute atomic E-state index is 0. The lowest BCUT2D eigenvalue weighted by atomic mass is 10.0. The first-order valence-corrected chi connectivity index (χ1v) is 10.0. The van der Waals surface area contributed by atoms with Crippen LogP contribution in [0.5, 0.6) is 0 Å². The molecule has 7 heteroatoms. The second-order valence-electron chi connectivity index (χ2n) is 6.50. The summed E-state index contributed by atoms with van der Waals surface area (Å²) in [5, 5.41) is 13.7. The van der Waals surface area contributed by atoms with Gasteiger partial charge < -0.3 is 22.1 Å². The van der Waals surface area contributed by atoms with Gasteiger partial charge in [0.2, 0.25) is 0 Å². The van der Waals surface area contributed by atoms with Crippen molar-refractivity contribution >= 4 is 45.8 Å². The lowest BCUT2D eigenvalue weighted by Gasteiger charge is -2.24. The first-order chi connectivity index (χ1) is 12.0. The van der Waals surface area contributed by atoms with Gasteiger partial charge in [-0.3, -0.25) is 0 Å². The third-order valence-corrected chi connectivity index (χ3v) is 6.70. The predicted molar refractivity (Wildman–Crippen MR) is 106 cm³/mol. The molecule has 138 valence electrons. The minimum atomic E-state index is -1.11. The van der Waals surface area contributed by atoms with Gasteiger partial charge in [-0.25, -0.2) is 9.48 Å². The number of nitrogens with zero attached hydrogens (tertiary/aromatic N) is 2. The third kappa shape index (κ3) is 3.40. The number of β-amino-alcohol motifs (C(OH)–C–C–N with tert-alkyl or cyclic N) is 1. The Kier molecular flexibility index (Phi) is 5.95. The van der Waals surface area contributed by atoms with Crippen LogP contribution >= 0.6 is 35.0 Å². The lowest BCUT2D eigenvalue weighted by molar-refractivity contribution is -0.656. The van der Waals surface area contributed by atoms with Gasteiger partial charge >= 0.3 is 5.17 Å². The Morgan fingerprint density at radius 2 is 1.85 bits per heavy atom. The van der Waals surface area contributed by atoms with Crippen LogP contribution in [0, 0.1) is 6.92 Å². The Balaban J connectivity index is 0.00000196. The molecule has 0 saturated heterocycles. The molecule has 0 aliphatic carbocycles. The molecule has 0 aromatic heterocycles. The molecule has 3 nitrogen and oxygen atoms in total. The van der Waals surface area contributed by atoms with E-state index in [0.717, 1.165) is 35.1 Å². The van der Waals surface area contributed by atoms with Crippen molar-refractivity contribution in [2.24, 2.45) is 0 Å². The molecule has 2 aromatic rings. The smallest absolute Gasteiger partial charge is 0.316 e. The number of amidine groups is 1. The summed E-state index contributed by atoms with van der Waals surface area (Å²) in [6.07, 6.45) is 1.04. The van der Waals surface area contributed by atoms with Crippen molar-refractivity contribution < 1.29 is 26.7 Å². The molecule has 0 bridgehead atoms. The van der Waals surface area contributed by atoms with Crippen LogP contribution in [0.1, 0.15) is 17.5 Å². The third-order valence-electron chi connectivity index (χ3n) is 4.77. The van der Waals surface area contributed by atoms with Crippen molar-refractivity contribution in [2.45, 2.75) is 19.1 Å². The highest BCUT2D eigenvalue weighted by atomic mass is 79.9. The molecule has 1 N–H and O–H groups in total. The second-order valence-corrected chi connectivity index (χ2v) is 8.38. The van der Waals surface area contributed by atoms with Crippen LogP contribution in [0.4, 0.5) is 5.69 Å². The van der Waals surface area contributed by atoms with Crippen LogP contribution in [0.15, 0.2) is 42.5 Å². The van der Waals surface area contributed by atoms with Crippen LogP contribution < -0.4 is 21.9 Å². The number of anilines is 1. The topological polar surface area (TPSA) is 26.5 Å². The van der Waals surface area contributed by atoms with Crippen molar-refractivity contribution in [3.8, 4) is 0 Å². The normalized spacial score (nSPS) is 22.2. The lowest BCUT2D eigenvalue weighted by Crippen LogP contribution is -3.00. The van der Waals surface area contributed by atoms with Gasteiger partial charge in [-0.05, 0) is 49.4 Å². The Bertz CT molecular complexity index is 859. The Hall–Kier alpha value is -0.720. The summed E-state index contributed by atoms with van der Waals surface area (Å²) in [5.74, 6) is 1.06. The first-order valence-electron chi connectivity index (χ1n) is 8.28. The van der Waals surface area contributed by atoms with Crippen molar-refractivity contribution in [3.63, 3.8) is 0 Å². The van der Waals surface area contributed by atoms with Crippen LogP contribution in [-0.4, -0.2) is 33.7 Å². The Morgan fingerprint density at radius 3 is 2.54 bits per heavy atom. The number of hydrogen-bond acceptors (Lipinski definition) is 3. The van der Waals surface area contributed by atoms with Gasteiger partial charge in [-0.1, -0.05) is 47.0 Å². The zero-order valence-electron chi connectivity index (χ0n) is 14.3. The highest BCUT2D eigenvalue weighted by molar-refractivity contribution is 8.13. The number of aliphatic hydroxyl groups is 1. The number of thioether (sulfide) groups is 1. The van der Waals surface area contributed by atoms with E-state index in [-0.39, 0.29) is 17.0 Å². The summed E-state index contributed by atoms with van der Waals surface area (Å²) in [6, 6.07) is 13.8. The van der Waals surface area contributed by atoms with Gasteiger partial charge in [-0.15, -0.1) is 0 Å². The molecule has 0 amide bonds. The number of hydrogen-bond donors (Lipinski definition) is 1. The predicted octanol–water partition coefficient (Wildman–Crippen LogP) is 1.48. The van der Waals surface area contributed by atoms with E-state index in [9.17, 15) is 5.11 Å². The Labute approximate surface area is 178 Å². The van der Waals surface area contributed by atoms with Crippen LogP contribution in [0.2, 0.25) is 10.0 Å². The van der Waals surface area contributed by atoms with Crippen LogP contribution in [0.25, 0.3) is 0 Å². The molecule has 26 heavy (non-hydrogen) atoms. The highest BCUT2D eigenvalue weighted by Crippen LogP contribution is 2.39. The highest BCUT2D eigenvalue weighted by Gasteiger charge is 2.53. The van der Waals surface area contributed by atoms with E-state index in [4.69, 9.17) is 23.2 Å². The molecular weight excluding hydrogens is 455 g/mol. The van der Waals surface area contributed by atoms with Crippen molar-refractivity contribution in [3.05, 3.63) is 63.6 Å². The molecular formula is C19H19BrCl2N2OS. The molecule has 2 aromatic carbocycles. The van der Waals surface area contributed by atoms with Gasteiger partial charge in [0.05, 0.1) is 16.6 Å². The maximum atomic E-state index is 11.6. The number of halogens is 3. The average molecular weight is 474 g/mol. The fourth-order valence-corrected chi connectivity index (χ4v) is 4.90. The summed E-state index contributed by atoms with van der Waals surface area (Å²) in [6.45, 7) is 3.37. The molecule has 0 radical (unpaired) electrons. The van der Waals surface area contributed by atoms with Crippen LogP contribution in [-0.2, 0) is 5.72 Å². The van der Waals surface area contributed by atoms with Crippen molar-refractivity contribution in [2.75, 3.05) is 23.7 Å². The van der Waals surface area contributed by atoms with Crippen molar-refractivity contribution in [1.29, 1.82) is 0 Å². The van der Waals surface area contributed by atoms with Gasteiger partial charge in [-0.2, -0.15) is 0 Å². The van der Waals surface area contributed by atoms with E-state index in [2.05, 4.69) is 40.7 Å². The van der Waals surface area contributed by atoms with E-state index in [1.54, 1.807) is 23.9 Å². The maximum absolute atomic E-state index is 11.6. The van der Waals surface area contributed by atoms with Crippen molar-refractivity contribution in [1.82, 2.24) is 0 Å². The molecule has 2 aliphatic rings. The molecule has 0 spiro atoms. The van der Waals surface area contributed by atoms with E-state index >= 15 is 0 Å². The fraction of sp³-hybridized carbons (Fsp3) is 0.316. The van der Waals surface area contributed by atoms with Gasteiger partial charge in [0.1, 0.15) is 5.69 Å². The molecule has 2 aliphatic heterocycles. The molecule has 1 unspecified atom stereocenters. The summed E-state index contributed by atoms with van der Waals surface area (Å²) in [7, 11) is 0. The quantitative estimate of drug-likeness (QED) is 0.669. The van der Waals surface area contributed by atoms with E-state index in [1.807, 2.05) is 6.07 Å². The first kappa shape index (κ1) is 20.0. The second kappa shape index (κ2) is 7.72. The molecule has 2 heterocycles. The summed E-state index contributed by atoms with van der Waals surface area (Å²) in [5.41, 5.74) is 1.98. The zero-order valence-corrected chi connectivity index (χ0v) is 18.2. The SMILES string of the molecule is Cc1ccc(N2CC(O)(c3ccc(Cl)c(Cl)c3)[N+]3=C2SCCC3)cc1.[Br-]. The number of benzene rings is 2. The summed E-state index contributed by atoms with van der Waals surface area (Å²) >= 11 is 14.1. The summed E-state index contributed by atoms with van der Waals surface area (Å²) in [4.78, 5) is 2.20. The van der Waals surface area contributed by atoms with Crippen LogP contribution in [0.3, 0.4) is 0 Å². The van der Waals surface area contributed by atoms with E-state index in [0.29, 0.717) is 16.6 Å². The average Bonchev–Trinajstić information content (AvgIpc) is 2.93. The maximum Gasteiger partial charge on any atom is 0.316 e. The van der Waals surface area contributed by atoms with Gasteiger partial charge in [0.15, 0.2) is 6.54 Å². The standard InChI is InChI=1S/C19H19Cl2N2OS.BrH/c1-13-3-6-15(7-4-13)22-12-19(24,23-9-2-10-25-18(22)23)14-5-8-16(20)17(21)11-14;/h3-8,11,24H,2,9-10,12H2,1H3;1H/q+1;/p-1. The zero-order chi connectivity index (χ0) is 17.6. The number of aryl methyl sites for hydroxylation is 1. The van der Waals surface area contributed by atoms with Gasteiger partial charge in [0.25, 0.3) is 5.72 Å². The largest absolute Gasteiger partial charge is 1.00 e. The van der Waals surface area contributed by atoms with E-state index < -0.39 is 5.72 Å². The monoisotopic (exact) mass is 472 g/mol. The Morgan fingerprint density at radius 1 is 1.12 bits per heavy atom. The molecule has 1 atom stereocenters.